The van der Waals surface area contributed by atoms with Gasteiger partial charge in [0.05, 0.1) is 11.9 Å². The van der Waals surface area contributed by atoms with Crippen LogP contribution >= 0.6 is 15.9 Å². The SMILES string of the molecule is Brc1cnc(CCc2ccccc2)cn1. The van der Waals surface area contributed by atoms with E-state index in [1.807, 2.05) is 12.3 Å². The molecule has 0 saturated carbocycles. The molecule has 1 aromatic heterocycles. The molecule has 3 heteroatoms. The normalized spacial score (nSPS) is 10.2. The first-order valence-electron chi connectivity index (χ1n) is 4.85. The molecule has 0 spiro atoms. The maximum absolute atomic E-state index is 4.28. The summed E-state index contributed by atoms with van der Waals surface area (Å²) in [6, 6.07) is 10.4. The molecule has 2 rings (SSSR count). The van der Waals surface area contributed by atoms with Crippen LogP contribution in [0, 0.1) is 0 Å². The van der Waals surface area contributed by atoms with E-state index in [0.717, 1.165) is 23.1 Å². The van der Waals surface area contributed by atoms with Gasteiger partial charge in [-0.2, -0.15) is 0 Å². The number of hydrogen-bond donors (Lipinski definition) is 0. The summed E-state index contributed by atoms with van der Waals surface area (Å²) in [7, 11) is 0. The predicted molar refractivity (Wildman–Crippen MR) is 63.6 cm³/mol. The molecule has 1 aromatic carbocycles. The van der Waals surface area contributed by atoms with Crippen LogP contribution < -0.4 is 0 Å². The van der Waals surface area contributed by atoms with Gasteiger partial charge in [-0.05, 0) is 34.3 Å². The minimum Gasteiger partial charge on any atom is -0.257 e. The highest BCUT2D eigenvalue weighted by Crippen LogP contribution is 2.06. The standard InChI is InChI=1S/C12H11BrN2/c13-12-9-14-11(8-15-12)7-6-10-4-2-1-3-5-10/h1-5,8-9H,6-7H2. The van der Waals surface area contributed by atoms with E-state index in [1.54, 1.807) is 6.20 Å². The van der Waals surface area contributed by atoms with Crippen LogP contribution in [0.2, 0.25) is 0 Å². The number of rotatable bonds is 3. The van der Waals surface area contributed by atoms with Crippen LogP contribution in [-0.4, -0.2) is 9.97 Å². The fraction of sp³-hybridized carbons (Fsp3) is 0.167. The number of halogens is 1. The molecule has 0 aliphatic carbocycles. The first-order chi connectivity index (χ1) is 7.34. The molecule has 2 nitrogen and oxygen atoms in total. The maximum Gasteiger partial charge on any atom is 0.124 e. The van der Waals surface area contributed by atoms with Crippen molar-refractivity contribution >= 4 is 15.9 Å². The summed E-state index contributed by atoms with van der Waals surface area (Å²) in [4.78, 5) is 8.43. The first kappa shape index (κ1) is 10.3. The fourth-order valence-electron chi connectivity index (χ4n) is 1.39. The van der Waals surface area contributed by atoms with E-state index in [-0.39, 0.29) is 0 Å². The Morgan fingerprint density at radius 1 is 0.933 bits per heavy atom. The Hall–Kier alpha value is -1.22. The van der Waals surface area contributed by atoms with Crippen LogP contribution in [0.4, 0.5) is 0 Å². The van der Waals surface area contributed by atoms with E-state index in [1.165, 1.54) is 5.56 Å². The quantitative estimate of drug-likeness (QED) is 0.850. The van der Waals surface area contributed by atoms with Crippen LogP contribution in [0.1, 0.15) is 11.3 Å². The van der Waals surface area contributed by atoms with E-state index >= 15 is 0 Å². The second-order valence-corrected chi connectivity index (χ2v) is 4.13. The summed E-state index contributed by atoms with van der Waals surface area (Å²) in [5.41, 5.74) is 2.37. The average Bonchev–Trinajstić information content (AvgIpc) is 2.30. The van der Waals surface area contributed by atoms with Gasteiger partial charge in [0.2, 0.25) is 0 Å². The van der Waals surface area contributed by atoms with Gasteiger partial charge in [-0.1, -0.05) is 30.3 Å². The highest BCUT2D eigenvalue weighted by atomic mass is 79.9. The van der Waals surface area contributed by atoms with Gasteiger partial charge in [0.15, 0.2) is 0 Å². The number of nitrogens with zero attached hydrogens (tertiary/aromatic N) is 2. The molecular formula is C12H11BrN2. The monoisotopic (exact) mass is 262 g/mol. The van der Waals surface area contributed by atoms with Gasteiger partial charge in [0.1, 0.15) is 4.60 Å². The van der Waals surface area contributed by atoms with Crippen LogP contribution in [0.15, 0.2) is 47.3 Å². The summed E-state index contributed by atoms with van der Waals surface area (Å²) >= 11 is 3.27. The third-order valence-corrected chi connectivity index (χ3v) is 2.60. The molecule has 0 bridgehead atoms. The minimum atomic E-state index is 0.783. The first-order valence-corrected chi connectivity index (χ1v) is 5.64. The van der Waals surface area contributed by atoms with Gasteiger partial charge in [-0.25, -0.2) is 4.98 Å². The molecule has 0 aliphatic heterocycles. The highest BCUT2D eigenvalue weighted by Gasteiger charge is 1.97. The summed E-state index contributed by atoms with van der Waals surface area (Å²) in [5, 5.41) is 0. The summed E-state index contributed by atoms with van der Waals surface area (Å²) in [6.45, 7) is 0. The fourth-order valence-corrected chi connectivity index (χ4v) is 1.59. The van der Waals surface area contributed by atoms with Crippen molar-refractivity contribution in [3.8, 4) is 0 Å². The largest absolute Gasteiger partial charge is 0.257 e. The molecule has 0 fully saturated rings. The van der Waals surface area contributed by atoms with Crippen molar-refractivity contribution in [3.05, 3.63) is 58.6 Å². The molecule has 0 unspecified atom stereocenters. The van der Waals surface area contributed by atoms with Crippen LogP contribution in [0.25, 0.3) is 0 Å². The van der Waals surface area contributed by atoms with Crippen molar-refractivity contribution in [2.45, 2.75) is 12.8 Å². The Bertz CT molecular complexity index is 411. The Morgan fingerprint density at radius 2 is 1.73 bits per heavy atom. The lowest BCUT2D eigenvalue weighted by molar-refractivity contribution is 0.894. The van der Waals surface area contributed by atoms with Crippen molar-refractivity contribution < 1.29 is 0 Å². The Balaban J connectivity index is 1.96. The lowest BCUT2D eigenvalue weighted by Crippen LogP contribution is -1.95. The topological polar surface area (TPSA) is 25.8 Å². The molecule has 0 amide bonds. The van der Waals surface area contributed by atoms with E-state index < -0.39 is 0 Å². The second-order valence-electron chi connectivity index (χ2n) is 3.32. The lowest BCUT2D eigenvalue weighted by Gasteiger charge is -2.00. The average molecular weight is 263 g/mol. The predicted octanol–water partition coefficient (Wildman–Crippen LogP) is 3.02. The molecule has 15 heavy (non-hydrogen) atoms. The van der Waals surface area contributed by atoms with Crippen LogP contribution in [-0.2, 0) is 12.8 Å². The second kappa shape index (κ2) is 5.03. The van der Waals surface area contributed by atoms with Gasteiger partial charge >= 0.3 is 0 Å². The molecule has 0 N–H and O–H groups in total. The third-order valence-electron chi connectivity index (χ3n) is 2.19. The summed E-state index contributed by atoms with van der Waals surface area (Å²) in [5.74, 6) is 0. The lowest BCUT2D eigenvalue weighted by atomic mass is 10.1. The molecule has 1 heterocycles. The van der Waals surface area contributed by atoms with Crippen LogP contribution in [0.3, 0.4) is 0 Å². The van der Waals surface area contributed by atoms with Gasteiger partial charge in [-0.15, -0.1) is 0 Å². The van der Waals surface area contributed by atoms with E-state index in [9.17, 15) is 0 Å². The number of aryl methyl sites for hydroxylation is 2. The van der Waals surface area contributed by atoms with Gasteiger partial charge in [0.25, 0.3) is 0 Å². The molecule has 76 valence electrons. The zero-order valence-corrected chi connectivity index (χ0v) is 9.81. The maximum atomic E-state index is 4.28. The smallest absolute Gasteiger partial charge is 0.124 e. The highest BCUT2D eigenvalue weighted by molar-refractivity contribution is 9.10. The number of aromatic nitrogens is 2. The van der Waals surface area contributed by atoms with E-state index in [4.69, 9.17) is 0 Å². The van der Waals surface area contributed by atoms with Gasteiger partial charge in [0, 0.05) is 6.20 Å². The zero-order chi connectivity index (χ0) is 10.5. The summed E-state index contributed by atoms with van der Waals surface area (Å²) in [6.07, 6.45) is 5.49. The Labute approximate surface area is 97.5 Å². The van der Waals surface area contributed by atoms with Crippen molar-refractivity contribution in [3.63, 3.8) is 0 Å². The molecule has 0 saturated heterocycles. The van der Waals surface area contributed by atoms with Crippen molar-refractivity contribution in [1.29, 1.82) is 0 Å². The molecule has 0 radical (unpaired) electrons. The molecule has 0 atom stereocenters. The molecular weight excluding hydrogens is 252 g/mol. The third kappa shape index (κ3) is 3.13. The zero-order valence-electron chi connectivity index (χ0n) is 8.23. The van der Waals surface area contributed by atoms with Crippen molar-refractivity contribution in [2.75, 3.05) is 0 Å². The van der Waals surface area contributed by atoms with Crippen LogP contribution in [0.5, 0.6) is 0 Å². The van der Waals surface area contributed by atoms with Gasteiger partial charge < -0.3 is 0 Å². The van der Waals surface area contributed by atoms with Crippen molar-refractivity contribution in [2.24, 2.45) is 0 Å². The molecule has 0 aliphatic rings. The van der Waals surface area contributed by atoms with E-state index in [2.05, 4.69) is 50.2 Å². The number of benzene rings is 1. The minimum absolute atomic E-state index is 0.783. The number of hydrogen-bond acceptors (Lipinski definition) is 2. The van der Waals surface area contributed by atoms with Gasteiger partial charge in [-0.3, -0.25) is 4.98 Å². The summed E-state index contributed by atoms with van der Waals surface area (Å²) < 4.78 is 0.783. The Morgan fingerprint density at radius 3 is 2.40 bits per heavy atom. The van der Waals surface area contributed by atoms with Crippen molar-refractivity contribution in [1.82, 2.24) is 9.97 Å². The Kier molecular flexibility index (Phi) is 3.45. The molecule has 2 aromatic rings. The van der Waals surface area contributed by atoms with E-state index in [0.29, 0.717) is 0 Å².